The Balaban J connectivity index is 1.91. The number of rotatable bonds is 1. The lowest BCUT2D eigenvalue weighted by atomic mass is 9.97. The number of nitrogens with zero attached hydrogens (tertiary/aromatic N) is 1. The summed E-state index contributed by atoms with van der Waals surface area (Å²) in [6.45, 7) is 5.47. The average Bonchev–Trinajstić information content (AvgIpc) is 2.54. The van der Waals surface area contributed by atoms with Crippen LogP contribution in [0.15, 0.2) is 4.99 Å². The predicted molar refractivity (Wildman–Crippen MR) is 50.5 cm³/mol. The normalized spacial score (nSPS) is 31.4. The van der Waals surface area contributed by atoms with E-state index in [0.717, 1.165) is 19.6 Å². The lowest BCUT2D eigenvalue weighted by Crippen LogP contribution is -2.38. The zero-order valence-corrected chi connectivity index (χ0v) is 7.64. The summed E-state index contributed by atoms with van der Waals surface area (Å²) in [5.74, 6) is 1.97. The molecule has 3 heteroatoms. The van der Waals surface area contributed by atoms with E-state index in [9.17, 15) is 0 Å². The Kier molecular flexibility index (Phi) is 2.30. The molecule has 2 aliphatic rings. The van der Waals surface area contributed by atoms with E-state index in [0.29, 0.717) is 12.0 Å². The molecule has 0 aromatic carbocycles. The van der Waals surface area contributed by atoms with Gasteiger partial charge in [-0.25, -0.2) is 0 Å². The van der Waals surface area contributed by atoms with Crippen molar-refractivity contribution in [2.75, 3.05) is 19.6 Å². The van der Waals surface area contributed by atoms with Gasteiger partial charge in [-0.1, -0.05) is 0 Å². The fraction of sp³-hybridized carbons (Fsp3) is 0.889. The molecule has 2 N–H and O–H groups in total. The van der Waals surface area contributed by atoms with Crippen molar-refractivity contribution in [1.82, 2.24) is 10.6 Å². The van der Waals surface area contributed by atoms with Crippen molar-refractivity contribution in [3.05, 3.63) is 0 Å². The Morgan fingerprint density at radius 2 is 2.08 bits per heavy atom. The molecule has 68 valence electrons. The highest BCUT2D eigenvalue weighted by Gasteiger charge is 2.23. The van der Waals surface area contributed by atoms with Gasteiger partial charge < -0.3 is 10.6 Å². The highest BCUT2D eigenvalue weighted by atomic mass is 15.1. The zero-order chi connectivity index (χ0) is 8.39. The summed E-state index contributed by atoms with van der Waals surface area (Å²) >= 11 is 0. The molecule has 0 aromatic rings. The topological polar surface area (TPSA) is 36.4 Å². The van der Waals surface area contributed by atoms with E-state index in [1.807, 2.05) is 0 Å². The third-order valence-electron chi connectivity index (χ3n) is 2.66. The van der Waals surface area contributed by atoms with E-state index in [1.54, 1.807) is 0 Å². The molecule has 1 unspecified atom stereocenters. The molecule has 0 bridgehead atoms. The van der Waals surface area contributed by atoms with Crippen LogP contribution in [-0.2, 0) is 0 Å². The Morgan fingerprint density at radius 3 is 2.67 bits per heavy atom. The lowest BCUT2D eigenvalue weighted by molar-refractivity contribution is 0.450. The van der Waals surface area contributed by atoms with Gasteiger partial charge in [0, 0.05) is 12.0 Å². The first-order valence-electron chi connectivity index (χ1n) is 4.88. The molecule has 0 aromatic heterocycles. The second-order valence-corrected chi connectivity index (χ2v) is 3.80. The summed E-state index contributed by atoms with van der Waals surface area (Å²) in [7, 11) is 0. The summed E-state index contributed by atoms with van der Waals surface area (Å²) in [5.41, 5.74) is 0. The molecule has 1 saturated heterocycles. The molecule has 2 aliphatic heterocycles. The average molecular weight is 167 g/mol. The monoisotopic (exact) mass is 167 g/mol. The number of hydrogen-bond acceptors (Lipinski definition) is 3. The van der Waals surface area contributed by atoms with Crippen molar-refractivity contribution in [2.24, 2.45) is 10.9 Å². The van der Waals surface area contributed by atoms with Crippen molar-refractivity contribution >= 4 is 5.84 Å². The molecule has 0 amide bonds. The van der Waals surface area contributed by atoms with E-state index >= 15 is 0 Å². The van der Waals surface area contributed by atoms with E-state index < -0.39 is 0 Å². The zero-order valence-electron chi connectivity index (χ0n) is 7.64. The Labute approximate surface area is 73.6 Å². The molecule has 0 radical (unpaired) electrons. The van der Waals surface area contributed by atoms with Crippen LogP contribution in [0.1, 0.15) is 19.8 Å². The van der Waals surface area contributed by atoms with Gasteiger partial charge in [0.1, 0.15) is 0 Å². The van der Waals surface area contributed by atoms with Crippen molar-refractivity contribution in [3.63, 3.8) is 0 Å². The van der Waals surface area contributed by atoms with E-state index in [4.69, 9.17) is 0 Å². The van der Waals surface area contributed by atoms with Gasteiger partial charge in [-0.05, 0) is 32.9 Å². The Morgan fingerprint density at radius 1 is 1.33 bits per heavy atom. The van der Waals surface area contributed by atoms with Crippen LogP contribution in [0.5, 0.6) is 0 Å². The first-order valence-corrected chi connectivity index (χ1v) is 4.88. The van der Waals surface area contributed by atoms with Crippen molar-refractivity contribution < 1.29 is 0 Å². The second-order valence-electron chi connectivity index (χ2n) is 3.80. The number of amidine groups is 1. The fourth-order valence-corrected chi connectivity index (χ4v) is 1.92. The minimum Gasteiger partial charge on any atom is -0.369 e. The van der Waals surface area contributed by atoms with Crippen LogP contribution in [0.2, 0.25) is 0 Å². The molecule has 0 saturated carbocycles. The van der Waals surface area contributed by atoms with Crippen molar-refractivity contribution in [2.45, 2.75) is 25.8 Å². The van der Waals surface area contributed by atoms with Gasteiger partial charge in [0.05, 0.1) is 12.4 Å². The summed E-state index contributed by atoms with van der Waals surface area (Å²) in [6.07, 6.45) is 2.50. The van der Waals surface area contributed by atoms with Crippen LogP contribution in [0.3, 0.4) is 0 Å². The maximum atomic E-state index is 4.52. The molecule has 1 atom stereocenters. The number of aliphatic imine (C=N–C) groups is 1. The first-order chi connectivity index (χ1) is 5.86. The predicted octanol–water partition coefficient (Wildman–Crippen LogP) is 0.376. The molecule has 2 rings (SSSR count). The number of piperidine rings is 1. The molecular formula is C9H17N3. The Hall–Kier alpha value is -0.570. The molecule has 0 aliphatic carbocycles. The van der Waals surface area contributed by atoms with E-state index in [-0.39, 0.29) is 0 Å². The van der Waals surface area contributed by atoms with Gasteiger partial charge in [-0.15, -0.1) is 0 Å². The molecule has 1 fully saturated rings. The van der Waals surface area contributed by atoms with Gasteiger partial charge in [0.2, 0.25) is 0 Å². The minimum absolute atomic E-state index is 0.565. The van der Waals surface area contributed by atoms with Crippen LogP contribution < -0.4 is 10.6 Å². The van der Waals surface area contributed by atoms with Crippen LogP contribution >= 0.6 is 0 Å². The van der Waals surface area contributed by atoms with Crippen molar-refractivity contribution in [1.29, 1.82) is 0 Å². The minimum atomic E-state index is 0.565. The quantitative estimate of drug-likeness (QED) is 0.592. The van der Waals surface area contributed by atoms with E-state index in [1.165, 1.54) is 18.7 Å². The summed E-state index contributed by atoms with van der Waals surface area (Å²) < 4.78 is 0. The van der Waals surface area contributed by atoms with Gasteiger partial charge in [0.15, 0.2) is 0 Å². The Bertz CT molecular complexity index is 182. The third-order valence-corrected chi connectivity index (χ3v) is 2.66. The SMILES string of the molecule is CC1CN=C(C2CCNCC2)N1. The lowest BCUT2D eigenvalue weighted by Gasteiger charge is -2.23. The number of nitrogens with one attached hydrogen (secondary N) is 2. The molecule has 3 nitrogen and oxygen atoms in total. The summed E-state index contributed by atoms with van der Waals surface area (Å²) in [4.78, 5) is 4.52. The largest absolute Gasteiger partial charge is 0.369 e. The van der Waals surface area contributed by atoms with Crippen LogP contribution in [-0.4, -0.2) is 31.5 Å². The molecule has 12 heavy (non-hydrogen) atoms. The van der Waals surface area contributed by atoms with Crippen molar-refractivity contribution in [3.8, 4) is 0 Å². The first kappa shape index (κ1) is 8.05. The molecule has 2 heterocycles. The molecule has 0 spiro atoms. The smallest absolute Gasteiger partial charge is 0.0998 e. The standard InChI is InChI=1S/C9H17N3/c1-7-6-11-9(12-7)8-2-4-10-5-3-8/h7-8,10H,2-6H2,1H3,(H,11,12). The van der Waals surface area contributed by atoms with Gasteiger partial charge in [0.25, 0.3) is 0 Å². The maximum Gasteiger partial charge on any atom is 0.0998 e. The third kappa shape index (κ3) is 1.61. The van der Waals surface area contributed by atoms with Crippen LogP contribution in [0, 0.1) is 5.92 Å². The highest BCUT2D eigenvalue weighted by Crippen LogP contribution is 2.15. The highest BCUT2D eigenvalue weighted by molar-refractivity contribution is 5.86. The van der Waals surface area contributed by atoms with Gasteiger partial charge in [-0.3, -0.25) is 4.99 Å². The van der Waals surface area contributed by atoms with Crippen LogP contribution in [0.4, 0.5) is 0 Å². The van der Waals surface area contributed by atoms with Gasteiger partial charge >= 0.3 is 0 Å². The fourth-order valence-electron chi connectivity index (χ4n) is 1.92. The molecular weight excluding hydrogens is 150 g/mol. The van der Waals surface area contributed by atoms with Crippen LogP contribution in [0.25, 0.3) is 0 Å². The maximum absolute atomic E-state index is 4.52. The number of hydrogen-bond donors (Lipinski definition) is 2. The summed E-state index contributed by atoms with van der Waals surface area (Å²) in [5, 5.41) is 6.81. The summed E-state index contributed by atoms with van der Waals surface area (Å²) in [6, 6.07) is 0.565. The van der Waals surface area contributed by atoms with Gasteiger partial charge in [-0.2, -0.15) is 0 Å². The second kappa shape index (κ2) is 3.44. The van der Waals surface area contributed by atoms with E-state index in [2.05, 4.69) is 22.5 Å².